The van der Waals surface area contributed by atoms with Gasteiger partial charge in [0.05, 0.1) is 18.4 Å². The van der Waals surface area contributed by atoms with Crippen molar-refractivity contribution in [3.63, 3.8) is 0 Å². The number of aryl methyl sites for hydroxylation is 1. The first-order valence-electron chi connectivity index (χ1n) is 7.18. The Labute approximate surface area is 130 Å². The summed E-state index contributed by atoms with van der Waals surface area (Å²) in [6, 6.07) is 10.9. The van der Waals surface area contributed by atoms with Crippen molar-refractivity contribution in [2.45, 2.75) is 26.7 Å². The maximum atomic E-state index is 11.6. The quantitative estimate of drug-likeness (QED) is 0.676. The van der Waals surface area contributed by atoms with E-state index >= 15 is 0 Å². The van der Waals surface area contributed by atoms with E-state index in [0.29, 0.717) is 22.9 Å². The molecule has 0 radical (unpaired) electrons. The maximum absolute atomic E-state index is 11.6. The van der Waals surface area contributed by atoms with Crippen LogP contribution in [0.4, 0.5) is 5.69 Å². The minimum Gasteiger partial charge on any atom is -0.465 e. The van der Waals surface area contributed by atoms with E-state index in [2.05, 4.69) is 19.9 Å². The van der Waals surface area contributed by atoms with Crippen molar-refractivity contribution in [1.82, 2.24) is 0 Å². The summed E-state index contributed by atoms with van der Waals surface area (Å²) >= 11 is 0. The molecule has 22 heavy (non-hydrogen) atoms. The number of rotatable bonds is 4. The van der Waals surface area contributed by atoms with Crippen LogP contribution in [0.1, 0.15) is 41.3 Å². The van der Waals surface area contributed by atoms with E-state index in [9.17, 15) is 4.79 Å². The number of benzene rings is 2. The van der Waals surface area contributed by atoms with Crippen molar-refractivity contribution in [3.05, 3.63) is 53.1 Å². The van der Waals surface area contributed by atoms with Gasteiger partial charge in [0.25, 0.3) is 0 Å². The van der Waals surface area contributed by atoms with E-state index in [-0.39, 0.29) is 0 Å². The zero-order valence-corrected chi connectivity index (χ0v) is 13.3. The molecule has 0 amide bonds. The molecule has 0 unspecified atom stereocenters. The molecule has 0 aliphatic rings. The molecular weight excluding hydrogens is 278 g/mol. The van der Waals surface area contributed by atoms with Crippen LogP contribution < -0.4 is 10.5 Å². The topological polar surface area (TPSA) is 61.5 Å². The second-order valence-corrected chi connectivity index (χ2v) is 5.53. The summed E-state index contributed by atoms with van der Waals surface area (Å²) in [6.07, 6.45) is 0. The summed E-state index contributed by atoms with van der Waals surface area (Å²) < 4.78 is 10.6. The molecule has 2 aromatic rings. The van der Waals surface area contributed by atoms with Crippen molar-refractivity contribution in [1.29, 1.82) is 0 Å². The second-order valence-electron chi connectivity index (χ2n) is 5.53. The van der Waals surface area contributed by atoms with E-state index in [1.165, 1.54) is 12.7 Å². The molecule has 2 N–H and O–H groups in total. The van der Waals surface area contributed by atoms with Crippen LogP contribution in [-0.2, 0) is 4.74 Å². The predicted octanol–water partition coefficient (Wildman–Crippen LogP) is 4.28. The Kier molecular flexibility index (Phi) is 4.71. The molecule has 0 aliphatic carbocycles. The molecule has 0 saturated heterocycles. The molecule has 2 rings (SSSR count). The van der Waals surface area contributed by atoms with Gasteiger partial charge in [-0.25, -0.2) is 4.79 Å². The number of nitrogens with two attached hydrogens (primary N) is 1. The number of esters is 1. The van der Waals surface area contributed by atoms with E-state index in [0.717, 1.165) is 11.3 Å². The van der Waals surface area contributed by atoms with Gasteiger partial charge in [0.15, 0.2) is 5.75 Å². The monoisotopic (exact) mass is 299 g/mol. The van der Waals surface area contributed by atoms with E-state index in [1.807, 2.05) is 19.1 Å². The molecule has 0 aliphatic heterocycles. The van der Waals surface area contributed by atoms with Crippen LogP contribution in [0.2, 0.25) is 0 Å². The van der Waals surface area contributed by atoms with Gasteiger partial charge in [0.1, 0.15) is 5.75 Å². The summed E-state index contributed by atoms with van der Waals surface area (Å²) in [5, 5.41) is 0. The Morgan fingerprint density at radius 1 is 1.09 bits per heavy atom. The average Bonchev–Trinajstić information content (AvgIpc) is 2.50. The molecule has 4 nitrogen and oxygen atoms in total. The van der Waals surface area contributed by atoms with Crippen LogP contribution in [0, 0.1) is 6.92 Å². The lowest BCUT2D eigenvalue weighted by Gasteiger charge is -2.14. The molecule has 0 spiro atoms. The lowest BCUT2D eigenvalue weighted by atomic mass is 10.0. The number of nitrogen functional groups attached to an aromatic ring is 1. The zero-order valence-electron chi connectivity index (χ0n) is 13.3. The first-order valence-corrected chi connectivity index (χ1v) is 7.18. The van der Waals surface area contributed by atoms with Crippen molar-refractivity contribution in [2.24, 2.45) is 0 Å². The van der Waals surface area contributed by atoms with Crippen molar-refractivity contribution < 1.29 is 14.3 Å². The molecule has 0 aromatic heterocycles. The first kappa shape index (κ1) is 15.9. The van der Waals surface area contributed by atoms with Gasteiger partial charge in [0, 0.05) is 0 Å². The minimum absolute atomic E-state index is 0.406. The molecule has 2 aromatic carbocycles. The normalized spacial score (nSPS) is 10.6. The summed E-state index contributed by atoms with van der Waals surface area (Å²) in [5.74, 6) is 1.21. The molecule has 4 heteroatoms. The fourth-order valence-corrected chi connectivity index (χ4v) is 2.13. The fourth-order valence-electron chi connectivity index (χ4n) is 2.13. The summed E-state index contributed by atoms with van der Waals surface area (Å²) in [4.78, 5) is 11.6. The zero-order chi connectivity index (χ0) is 16.3. The molecule has 0 fully saturated rings. The highest BCUT2D eigenvalue weighted by Gasteiger charge is 2.11. The van der Waals surface area contributed by atoms with Crippen molar-refractivity contribution >= 4 is 11.7 Å². The van der Waals surface area contributed by atoms with Gasteiger partial charge >= 0.3 is 5.97 Å². The average molecular weight is 299 g/mol. The molecule has 0 atom stereocenters. The molecule has 0 heterocycles. The largest absolute Gasteiger partial charge is 0.465 e. The van der Waals surface area contributed by atoms with Gasteiger partial charge in [-0.2, -0.15) is 0 Å². The van der Waals surface area contributed by atoms with Gasteiger partial charge in [0.2, 0.25) is 0 Å². The molecule has 0 saturated carbocycles. The summed E-state index contributed by atoms with van der Waals surface area (Å²) in [5.41, 5.74) is 9.08. The molecule has 116 valence electrons. The number of ether oxygens (including phenoxy) is 2. The highest BCUT2D eigenvalue weighted by molar-refractivity contribution is 5.90. The number of carbonyl (C=O) groups excluding carboxylic acids is 1. The van der Waals surface area contributed by atoms with E-state index in [1.54, 1.807) is 18.2 Å². The molecule has 0 bridgehead atoms. The van der Waals surface area contributed by atoms with Gasteiger partial charge in [-0.05, 0) is 48.2 Å². The Hall–Kier alpha value is -2.49. The number of methoxy groups -OCH3 is 1. The summed E-state index contributed by atoms with van der Waals surface area (Å²) in [7, 11) is 1.34. The number of hydrogen-bond donors (Lipinski definition) is 1. The number of hydrogen-bond acceptors (Lipinski definition) is 4. The highest BCUT2D eigenvalue weighted by atomic mass is 16.5. The maximum Gasteiger partial charge on any atom is 0.337 e. The Morgan fingerprint density at radius 2 is 1.82 bits per heavy atom. The highest BCUT2D eigenvalue weighted by Crippen LogP contribution is 2.32. The van der Waals surface area contributed by atoms with E-state index < -0.39 is 5.97 Å². The van der Waals surface area contributed by atoms with Crippen LogP contribution in [0.15, 0.2) is 36.4 Å². The van der Waals surface area contributed by atoms with Crippen molar-refractivity contribution in [2.75, 3.05) is 12.8 Å². The number of carbonyl (C=O) groups is 1. The predicted molar refractivity (Wildman–Crippen MR) is 87.5 cm³/mol. The lowest BCUT2D eigenvalue weighted by Crippen LogP contribution is -2.03. The molecular formula is C18H21NO3. The third-order valence-corrected chi connectivity index (χ3v) is 3.52. The SMILES string of the molecule is COC(=O)c1ccc(N)c(Oc2ccc(C(C)C)cc2C)c1. The van der Waals surface area contributed by atoms with E-state index in [4.69, 9.17) is 15.2 Å². The van der Waals surface area contributed by atoms with Gasteiger partial charge < -0.3 is 15.2 Å². The Morgan fingerprint density at radius 3 is 2.41 bits per heavy atom. The second kappa shape index (κ2) is 6.52. The van der Waals surface area contributed by atoms with Crippen LogP contribution in [0.3, 0.4) is 0 Å². The third-order valence-electron chi connectivity index (χ3n) is 3.52. The minimum atomic E-state index is -0.420. The Bertz CT molecular complexity index is 693. The van der Waals surface area contributed by atoms with Crippen LogP contribution in [-0.4, -0.2) is 13.1 Å². The standard InChI is InChI=1S/C18H21NO3/c1-11(2)13-6-8-16(12(3)9-13)22-17-10-14(18(20)21-4)5-7-15(17)19/h5-11H,19H2,1-4H3. The third kappa shape index (κ3) is 3.39. The van der Waals surface area contributed by atoms with Crippen molar-refractivity contribution in [3.8, 4) is 11.5 Å². The first-order chi connectivity index (χ1) is 10.4. The van der Waals surface area contributed by atoms with Crippen LogP contribution >= 0.6 is 0 Å². The summed E-state index contributed by atoms with van der Waals surface area (Å²) in [6.45, 7) is 6.28. The van der Waals surface area contributed by atoms with Gasteiger partial charge in [-0.15, -0.1) is 0 Å². The van der Waals surface area contributed by atoms with Crippen LogP contribution in [0.25, 0.3) is 0 Å². The van der Waals surface area contributed by atoms with Gasteiger partial charge in [-0.1, -0.05) is 26.0 Å². The lowest BCUT2D eigenvalue weighted by molar-refractivity contribution is 0.0600. The number of anilines is 1. The fraction of sp³-hybridized carbons (Fsp3) is 0.278. The van der Waals surface area contributed by atoms with Gasteiger partial charge in [-0.3, -0.25) is 0 Å². The smallest absolute Gasteiger partial charge is 0.337 e. The Balaban J connectivity index is 2.32. The van der Waals surface area contributed by atoms with Crippen LogP contribution in [0.5, 0.6) is 11.5 Å².